The van der Waals surface area contributed by atoms with Crippen LogP contribution in [0.4, 0.5) is 0 Å². The first-order chi connectivity index (χ1) is 6.10. The van der Waals surface area contributed by atoms with E-state index in [9.17, 15) is 8.42 Å². The average molecular weight is 194 g/mol. The second-order valence-corrected chi connectivity index (χ2v) is 4.24. The van der Waals surface area contributed by atoms with Gasteiger partial charge >= 0.3 is 0 Å². The van der Waals surface area contributed by atoms with Crippen LogP contribution in [0.3, 0.4) is 0 Å². The summed E-state index contributed by atoms with van der Waals surface area (Å²) in [5.41, 5.74) is 0.551. The Morgan fingerprint density at radius 1 is 1.31 bits per heavy atom. The van der Waals surface area contributed by atoms with Crippen molar-refractivity contribution >= 4 is 10.0 Å². The number of hydrogen-bond acceptors (Lipinski definition) is 2. The summed E-state index contributed by atoms with van der Waals surface area (Å²) in [6, 6.07) is 5.92. The summed E-state index contributed by atoms with van der Waals surface area (Å²) >= 11 is 0. The van der Waals surface area contributed by atoms with Gasteiger partial charge in [0.15, 0.2) is 0 Å². The summed E-state index contributed by atoms with van der Waals surface area (Å²) in [6.07, 6.45) is 6.80. The molecule has 0 fully saturated rings. The molecule has 0 aliphatic rings. The number of sulfonamides is 1. The Kier molecular flexibility index (Phi) is 2.71. The van der Waals surface area contributed by atoms with Crippen LogP contribution in [0, 0.1) is 12.3 Å². The van der Waals surface area contributed by atoms with Crippen LogP contribution in [0.1, 0.15) is 5.56 Å². The maximum atomic E-state index is 11.2. The molecule has 0 saturated carbocycles. The molecule has 1 N–H and O–H groups in total. The first-order valence-corrected chi connectivity index (χ1v) is 5.05. The van der Waals surface area contributed by atoms with Crippen LogP contribution in [0.15, 0.2) is 29.2 Å². The van der Waals surface area contributed by atoms with Gasteiger partial charge in [0.25, 0.3) is 0 Å². The van der Waals surface area contributed by atoms with Crippen LogP contribution in [-0.2, 0) is 10.0 Å². The summed E-state index contributed by atoms with van der Waals surface area (Å²) in [5.74, 6) is 2.16. The topological polar surface area (TPSA) is 46.2 Å². The van der Waals surface area contributed by atoms with Crippen LogP contribution in [0.25, 0.3) is 0 Å². The molecule has 0 aliphatic carbocycles. The van der Waals surface area contributed by atoms with Gasteiger partial charge in [-0.25, -0.2) is 13.1 Å². The van der Waals surface area contributed by atoms with Gasteiger partial charge in [-0.05, 0) is 37.7 Å². The molecule has 1 aromatic carbocycles. The van der Waals surface area contributed by atoms with E-state index in [1.54, 1.807) is 0 Å². The largest absolute Gasteiger partial charge is 0.240 e. The highest BCUT2D eigenvalue weighted by Gasteiger charge is 2.09. The lowest BCUT2D eigenvalue weighted by Crippen LogP contribution is -2.18. The Morgan fingerprint density at radius 3 is 2.23 bits per heavy atom. The number of benzene rings is 1. The zero-order valence-corrected chi connectivity index (χ0v) is 7.85. The van der Waals surface area contributed by atoms with Crippen LogP contribution in [-0.4, -0.2) is 15.5 Å². The van der Waals surface area contributed by atoms with E-state index in [1.165, 1.54) is 31.3 Å². The predicted octanol–water partition coefficient (Wildman–Crippen LogP) is 0.533. The normalized spacial score (nSPS) is 10.8. The van der Waals surface area contributed by atoms with Gasteiger partial charge in [-0.2, -0.15) is 0 Å². The number of nitrogens with one attached hydrogen (secondary N) is 1. The molecule has 0 spiro atoms. The molecule has 0 aromatic heterocycles. The minimum atomic E-state index is -3.36. The second kappa shape index (κ2) is 3.60. The molecular formula is C9H8NO2S. The quantitative estimate of drug-likeness (QED) is 0.698. The standard InChI is InChI=1S/C9H8NO2S/c1-3-8-4-6-9(7-5-8)13(11,12)10-2/h4-7,10H,2H3. The minimum absolute atomic E-state index is 0.189. The third-order valence-electron chi connectivity index (χ3n) is 1.58. The number of hydrogen-bond donors (Lipinski definition) is 1. The maximum Gasteiger partial charge on any atom is 0.240 e. The lowest BCUT2D eigenvalue weighted by Gasteiger charge is -2.01. The van der Waals surface area contributed by atoms with Crippen LogP contribution in [0.5, 0.6) is 0 Å². The van der Waals surface area contributed by atoms with E-state index in [1.807, 2.05) is 0 Å². The summed E-state index contributed by atoms with van der Waals surface area (Å²) in [7, 11) is -2.01. The first-order valence-electron chi connectivity index (χ1n) is 3.56. The molecule has 4 heteroatoms. The third-order valence-corrected chi connectivity index (χ3v) is 3.01. The fourth-order valence-electron chi connectivity index (χ4n) is 0.835. The Labute approximate surface area is 77.8 Å². The van der Waals surface area contributed by atoms with Gasteiger partial charge in [-0.15, -0.1) is 0 Å². The van der Waals surface area contributed by atoms with E-state index >= 15 is 0 Å². The van der Waals surface area contributed by atoms with Gasteiger partial charge in [0.1, 0.15) is 0 Å². The third kappa shape index (κ3) is 2.08. The van der Waals surface area contributed by atoms with Crippen LogP contribution < -0.4 is 4.72 Å². The van der Waals surface area contributed by atoms with Crippen molar-refractivity contribution in [2.45, 2.75) is 4.90 Å². The van der Waals surface area contributed by atoms with Gasteiger partial charge in [0.2, 0.25) is 10.0 Å². The van der Waals surface area contributed by atoms with E-state index in [0.29, 0.717) is 5.56 Å². The molecule has 13 heavy (non-hydrogen) atoms. The van der Waals surface area contributed by atoms with Gasteiger partial charge in [0, 0.05) is 5.56 Å². The Bertz CT molecular complexity index is 426. The van der Waals surface area contributed by atoms with Gasteiger partial charge in [-0.1, -0.05) is 5.92 Å². The molecule has 0 unspecified atom stereocenters. The van der Waals surface area contributed by atoms with Crippen LogP contribution in [0.2, 0.25) is 0 Å². The zero-order chi connectivity index (χ0) is 9.90. The second-order valence-electron chi connectivity index (χ2n) is 2.36. The first kappa shape index (κ1) is 9.78. The smallest absolute Gasteiger partial charge is 0.214 e. The molecule has 0 bridgehead atoms. The minimum Gasteiger partial charge on any atom is -0.214 e. The lowest BCUT2D eigenvalue weighted by molar-refractivity contribution is 0.588. The van der Waals surface area contributed by atoms with E-state index < -0.39 is 10.0 Å². The summed E-state index contributed by atoms with van der Waals surface area (Å²) in [6.45, 7) is 0. The molecule has 0 aliphatic heterocycles. The summed E-state index contributed by atoms with van der Waals surface area (Å²) < 4.78 is 24.6. The number of rotatable bonds is 2. The monoisotopic (exact) mass is 194 g/mol. The molecular weight excluding hydrogens is 186 g/mol. The zero-order valence-electron chi connectivity index (χ0n) is 7.03. The highest BCUT2D eigenvalue weighted by atomic mass is 32.2. The van der Waals surface area contributed by atoms with E-state index in [0.717, 1.165) is 0 Å². The fourth-order valence-corrected chi connectivity index (χ4v) is 1.57. The molecule has 0 atom stereocenters. The summed E-state index contributed by atoms with van der Waals surface area (Å²) in [5, 5.41) is 0. The van der Waals surface area contributed by atoms with E-state index in [4.69, 9.17) is 6.42 Å². The van der Waals surface area contributed by atoms with Crippen molar-refractivity contribution < 1.29 is 8.42 Å². The van der Waals surface area contributed by atoms with Crippen molar-refractivity contribution in [1.29, 1.82) is 0 Å². The van der Waals surface area contributed by atoms with Crippen molar-refractivity contribution in [2.24, 2.45) is 0 Å². The van der Waals surface area contributed by atoms with Crippen LogP contribution >= 0.6 is 0 Å². The van der Waals surface area contributed by atoms with Gasteiger partial charge in [-0.3, -0.25) is 0 Å². The lowest BCUT2D eigenvalue weighted by atomic mass is 10.2. The molecule has 0 heterocycles. The van der Waals surface area contributed by atoms with Crippen molar-refractivity contribution in [2.75, 3.05) is 7.05 Å². The fraction of sp³-hybridized carbons (Fsp3) is 0.111. The average Bonchev–Trinajstić information content (AvgIpc) is 2.18. The van der Waals surface area contributed by atoms with Crippen molar-refractivity contribution in [3.63, 3.8) is 0 Å². The Balaban J connectivity index is 3.15. The molecule has 0 saturated heterocycles. The molecule has 3 nitrogen and oxygen atoms in total. The molecule has 67 valence electrons. The Morgan fingerprint density at radius 2 is 1.85 bits per heavy atom. The predicted molar refractivity (Wildman–Crippen MR) is 48.9 cm³/mol. The van der Waals surface area contributed by atoms with E-state index in [-0.39, 0.29) is 4.90 Å². The summed E-state index contributed by atoms with van der Waals surface area (Å²) in [4.78, 5) is 0.189. The maximum absolute atomic E-state index is 11.2. The molecule has 1 radical (unpaired) electrons. The van der Waals surface area contributed by atoms with Gasteiger partial charge < -0.3 is 0 Å². The van der Waals surface area contributed by atoms with E-state index in [2.05, 4.69) is 10.6 Å². The van der Waals surface area contributed by atoms with Crippen molar-refractivity contribution in [3.05, 3.63) is 36.3 Å². The SMILES string of the molecule is [C]#Cc1ccc(S(=O)(=O)NC)cc1. The van der Waals surface area contributed by atoms with Crippen molar-refractivity contribution in [1.82, 2.24) is 4.72 Å². The molecule has 1 aromatic rings. The van der Waals surface area contributed by atoms with Crippen molar-refractivity contribution in [3.8, 4) is 5.92 Å². The highest BCUT2D eigenvalue weighted by Crippen LogP contribution is 2.08. The Hall–Kier alpha value is -1.31. The highest BCUT2D eigenvalue weighted by molar-refractivity contribution is 7.89. The molecule has 1 rings (SSSR count). The van der Waals surface area contributed by atoms with Gasteiger partial charge in [0.05, 0.1) is 4.90 Å². The molecule has 0 amide bonds.